The maximum absolute atomic E-state index is 12.3. The van der Waals surface area contributed by atoms with E-state index in [2.05, 4.69) is 0 Å². The number of nitrogens with two attached hydrogens (primary N) is 1. The topological polar surface area (TPSA) is 46.3 Å². The molecule has 1 aliphatic heterocycles. The minimum absolute atomic E-state index is 0.00842. The maximum atomic E-state index is 12.3. The van der Waals surface area contributed by atoms with Crippen LogP contribution in [0.25, 0.3) is 0 Å². The number of benzene rings is 1. The lowest BCUT2D eigenvalue weighted by Crippen LogP contribution is -2.42. The van der Waals surface area contributed by atoms with Crippen molar-refractivity contribution in [1.29, 1.82) is 0 Å². The number of carbonyl (C=O) groups excluding carboxylic acids is 1. The van der Waals surface area contributed by atoms with Crippen LogP contribution in [-0.4, -0.2) is 18.5 Å². The molecule has 16 heavy (non-hydrogen) atoms. The van der Waals surface area contributed by atoms with Gasteiger partial charge in [-0.2, -0.15) is 0 Å². The van der Waals surface area contributed by atoms with E-state index in [1.54, 1.807) is 4.90 Å². The van der Waals surface area contributed by atoms with E-state index < -0.39 is 5.41 Å². The van der Waals surface area contributed by atoms with Gasteiger partial charge in [0, 0.05) is 18.3 Å². The molecule has 2 N–H and O–H groups in total. The first-order valence-electron chi connectivity index (χ1n) is 5.61. The summed E-state index contributed by atoms with van der Waals surface area (Å²) >= 11 is 0. The van der Waals surface area contributed by atoms with Gasteiger partial charge in [0.1, 0.15) is 0 Å². The first-order chi connectivity index (χ1) is 7.44. The fraction of sp³-hybridized carbons (Fsp3) is 0.462. The number of hydrogen-bond acceptors (Lipinski definition) is 2. The summed E-state index contributed by atoms with van der Waals surface area (Å²) in [5.41, 5.74) is 7.47. The van der Waals surface area contributed by atoms with Crippen molar-refractivity contribution in [2.45, 2.75) is 32.2 Å². The smallest absolute Gasteiger partial charge is 0.237 e. The summed E-state index contributed by atoms with van der Waals surface area (Å²) < 4.78 is 0. The number of para-hydroxylation sites is 1. The van der Waals surface area contributed by atoms with Gasteiger partial charge in [-0.05, 0) is 32.4 Å². The molecule has 1 atom stereocenters. The van der Waals surface area contributed by atoms with Crippen LogP contribution in [0.5, 0.6) is 0 Å². The third-order valence-corrected chi connectivity index (χ3v) is 3.12. The average Bonchev–Trinajstić information content (AvgIpc) is 2.41. The Morgan fingerprint density at radius 2 is 2.00 bits per heavy atom. The highest BCUT2D eigenvalue weighted by Crippen LogP contribution is 2.41. The Morgan fingerprint density at radius 3 is 2.62 bits per heavy atom. The predicted molar refractivity (Wildman–Crippen MR) is 65.5 cm³/mol. The van der Waals surface area contributed by atoms with Gasteiger partial charge < -0.3 is 10.6 Å². The Kier molecular flexibility index (Phi) is 2.50. The van der Waals surface area contributed by atoms with Crippen molar-refractivity contribution in [3.8, 4) is 0 Å². The lowest BCUT2D eigenvalue weighted by molar-refractivity contribution is -0.122. The van der Waals surface area contributed by atoms with Crippen LogP contribution in [0, 0.1) is 0 Å². The maximum Gasteiger partial charge on any atom is 0.237 e. The molecular weight excluding hydrogens is 200 g/mol. The Balaban J connectivity index is 2.47. The fourth-order valence-corrected chi connectivity index (χ4v) is 2.27. The Labute approximate surface area is 96.2 Å². The zero-order chi connectivity index (χ0) is 11.9. The fourth-order valence-electron chi connectivity index (χ4n) is 2.27. The average molecular weight is 218 g/mol. The molecule has 0 radical (unpaired) electrons. The Bertz CT molecular complexity index is 424. The van der Waals surface area contributed by atoms with Gasteiger partial charge in [-0.25, -0.2) is 0 Å². The lowest BCUT2D eigenvalue weighted by atomic mass is 9.86. The molecule has 1 aromatic rings. The van der Waals surface area contributed by atoms with Crippen molar-refractivity contribution in [3.63, 3.8) is 0 Å². The number of rotatable bonds is 2. The molecule has 0 saturated heterocycles. The van der Waals surface area contributed by atoms with Crippen molar-refractivity contribution in [2.75, 3.05) is 11.4 Å². The molecule has 0 fully saturated rings. The second-order valence-electron chi connectivity index (χ2n) is 5.04. The Hall–Kier alpha value is -1.35. The van der Waals surface area contributed by atoms with Gasteiger partial charge in [0.15, 0.2) is 0 Å². The van der Waals surface area contributed by atoms with Crippen molar-refractivity contribution in [3.05, 3.63) is 29.8 Å². The molecule has 1 aliphatic rings. The third kappa shape index (κ3) is 1.52. The molecule has 0 spiro atoms. The third-order valence-electron chi connectivity index (χ3n) is 3.12. The quantitative estimate of drug-likeness (QED) is 0.820. The molecule has 86 valence electrons. The molecule has 1 unspecified atom stereocenters. The van der Waals surface area contributed by atoms with Crippen LogP contribution in [-0.2, 0) is 10.2 Å². The summed E-state index contributed by atoms with van der Waals surface area (Å²) in [7, 11) is 0. The summed E-state index contributed by atoms with van der Waals surface area (Å²) in [5.74, 6) is 0.144. The second-order valence-corrected chi connectivity index (χ2v) is 5.04. The highest BCUT2D eigenvalue weighted by molar-refractivity contribution is 6.07. The number of amides is 1. The molecule has 1 heterocycles. The van der Waals surface area contributed by atoms with E-state index in [0.717, 1.165) is 11.3 Å². The zero-order valence-electron chi connectivity index (χ0n) is 10.0. The minimum atomic E-state index is -0.425. The monoisotopic (exact) mass is 218 g/mol. The van der Waals surface area contributed by atoms with Gasteiger partial charge in [-0.3, -0.25) is 4.79 Å². The first-order valence-corrected chi connectivity index (χ1v) is 5.61. The Morgan fingerprint density at radius 1 is 1.38 bits per heavy atom. The van der Waals surface area contributed by atoms with E-state index in [1.165, 1.54) is 0 Å². The van der Waals surface area contributed by atoms with E-state index in [-0.39, 0.29) is 11.9 Å². The summed E-state index contributed by atoms with van der Waals surface area (Å²) in [6.45, 7) is 6.44. The summed E-state index contributed by atoms with van der Waals surface area (Å²) in [4.78, 5) is 14.1. The highest BCUT2D eigenvalue weighted by atomic mass is 16.2. The normalized spacial score (nSPS) is 19.8. The molecule has 0 bridgehead atoms. The van der Waals surface area contributed by atoms with E-state index in [4.69, 9.17) is 5.73 Å². The second kappa shape index (κ2) is 3.59. The van der Waals surface area contributed by atoms with Crippen molar-refractivity contribution in [2.24, 2.45) is 5.73 Å². The molecule has 2 rings (SSSR count). The first kappa shape index (κ1) is 11.1. The van der Waals surface area contributed by atoms with E-state index in [0.29, 0.717) is 6.54 Å². The minimum Gasteiger partial charge on any atom is -0.326 e. The molecule has 3 nitrogen and oxygen atoms in total. The van der Waals surface area contributed by atoms with Gasteiger partial charge in [0.2, 0.25) is 5.91 Å². The van der Waals surface area contributed by atoms with Crippen LogP contribution in [0.4, 0.5) is 5.69 Å². The van der Waals surface area contributed by atoms with Crippen molar-refractivity contribution >= 4 is 11.6 Å². The molecular formula is C13H18N2O. The molecule has 1 aromatic carbocycles. The van der Waals surface area contributed by atoms with Crippen LogP contribution >= 0.6 is 0 Å². The van der Waals surface area contributed by atoms with Gasteiger partial charge >= 0.3 is 0 Å². The number of hydrogen-bond donors (Lipinski definition) is 1. The molecule has 0 aliphatic carbocycles. The van der Waals surface area contributed by atoms with Crippen molar-refractivity contribution < 1.29 is 4.79 Å². The standard InChI is InChI=1S/C13H18N2O/c1-9(14)8-15-11-7-5-4-6-10(11)13(2,3)12(15)16/h4-7,9H,8,14H2,1-3H3. The summed E-state index contributed by atoms with van der Waals surface area (Å²) in [5, 5.41) is 0. The van der Waals surface area contributed by atoms with Gasteiger partial charge in [0.25, 0.3) is 0 Å². The number of anilines is 1. The number of nitrogens with zero attached hydrogens (tertiary/aromatic N) is 1. The summed E-state index contributed by atoms with van der Waals surface area (Å²) in [6, 6.07) is 7.94. The van der Waals surface area contributed by atoms with Crippen molar-refractivity contribution in [1.82, 2.24) is 0 Å². The molecule has 0 saturated carbocycles. The van der Waals surface area contributed by atoms with Crippen LogP contribution < -0.4 is 10.6 Å². The molecule has 1 amide bonds. The zero-order valence-corrected chi connectivity index (χ0v) is 10.0. The lowest BCUT2D eigenvalue weighted by Gasteiger charge is -2.22. The van der Waals surface area contributed by atoms with Crippen LogP contribution in [0.1, 0.15) is 26.3 Å². The largest absolute Gasteiger partial charge is 0.326 e. The molecule has 3 heteroatoms. The van der Waals surface area contributed by atoms with Gasteiger partial charge in [0.05, 0.1) is 5.41 Å². The van der Waals surface area contributed by atoms with Crippen LogP contribution in [0.15, 0.2) is 24.3 Å². The van der Waals surface area contributed by atoms with Gasteiger partial charge in [-0.1, -0.05) is 18.2 Å². The number of carbonyl (C=O) groups is 1. The van der Waals surface area contributed by atoms with E-state index in [9.17, 15) is 4.79 Å². The van der Waals surface area contributed by atoms with E-state index >= 15 is 0 Å². The molecule has 0 aromatic heterocycles. The van der Waals surface area contributed by atoms with Crippen LogP contribution in [0.2, 0.25) is 0 Å². The SMILES string of the molecule is CC(N)CN1C(=O)C(C)(C)c2ccccc21. The van der Waals surface area contributed by atoms with Crippen LogP contribution in [0.3, 0.4) is 0 Å². The number of fused-ring (bicyclic) bond motifs is 1. The van der Waals surface area contributed by atoms with Gasteiger partial charge in [-0.15, -0.1) is 0 Å². The van der Waals surface area contributed by atoms with E-state index in [1.807, 2.05) is 45.0 Å². The highest BCUT2D eigenvalue weighted by Gasteiger charge is 2.43. The summed E-state index contributed by atoms with van der Waals surface area (Å²) in [6.07, 6.45) is 0. The predicted octanol–water partition coefficient (Wildman–Crippen LogP) is 1.66.